The minimum absolute atomic E-state index is 0.600. The van der Waals surface area contributed by atoms with Crippen LogP contribution in [0, 0.1) is 0 Å². The SMILES string of the molecule is C=CCCCCc1cccc2c3nc4nc(nc5[nH]c(nc6nc(nc([nH]3)c12)-c1ccccc1-6)c1ccccc51)-c1ccccc1-4. The molecule has 4 aromatic carbocycles. The van der Waals surface area contributed by atoms with Crippen LogP contribution in [-0.2, 0) is 6.42 Å². The van der Waals surface area contributed by atoms with Crippen molar-refractivity contribution in [1.82, 2.24) is 39.9 Å². The van der Waals surface area contributed by atoms with E-state index < -0.39 is 0 Å². The van der Waals surface area contributed by atoms with Gasteiger partial charge in [-0.1, -0.05) is 97.1 Å². The van der Waals surface area contributed by atoms with Crippen molar-refractivity contribution in [3.05, 3.63) is 109 Å². The molecular weight excluding hydrogens is 568 g/mol. The number of benzene rings is 4. The summed E-state index contributed by atoms with van der Waals surface area (Å²) < 4.78 is 0. The Labute approximate surface area is 264 Å². The van der Waals surface area contributed by atoms with Gasteiger partial charge < -0.3 is 9.97 Å². The molecule has 8 heteroatoms. The molecule has 9 rings (SSSR count). The van der Waals surface area contributed by atoms with E-state index in [4.69, 9.17) is 29.9 Å². The normalized spacial score (nSPS) is 11.9. The fourth-order valence-corrected chi connectivity index (χ4v) is 6.58. The highest BCUT2D eigenvalue weighted by molar-refractivity contribution is 6.07. The second-order valence-corrected chi connectivity index (χ2v) is 11.6. The van der Waals surface area contributed by atoms with Crippen LogP contribution in [0.25, 0.3) is 89.7 Å². The minimum Gasteiger partial charge on any atom is -0.324 e. The van der Waals surface area contributed by atoms with E-state index in [1.165, 1.54) is 5.56 Å². The Kier molecular flexibility index (Phi) is 6.06. The molecule has 46 heavy (non-hydrogen) atoms. The van der Waals surface area contributed by atoms with Crippen LogP contribution in [-0.4, -0.2) is 39.9 Å². The topological polar surface area (TPSA) is 109 Å². The number of unbranched alkanes of at least 4 members (excludes halogenated alkanes) is 2. The van der Waals surface area contributed by atoms with E-state index in [1.807, 2.05) is 66.7 Å². The summed E-state index contributed by atoms with van der Waals surface area (Å²) in [5.74, 6) is 2.41. The number of aromatic nitrogens is 8. The first kappa shape index (κ1) is 26.4. The van der Waals surface area contributed by atoms with Crippen LogP contribution in [0.5, 0.6) is 0 Å². The van der Waals surface area contributed by atoms with Gasteiger partial charge in [-0.25, -0.2) is 29.9 Å². The lowest BCUT2D eigenvalue weighted by Crippen LogP contribution is -1.88. The number of rotatable bonds is 5. The zero-order valence-corrected chi connectivity index (χ0v) is 25.0. The third-order valence-corrected chi connectivity index (χ3v) is 8.77. The summed E-state index contributed by atoms with van der Waals surface area (Å²) in [5, 5.41) is 3.96. The number of hydrogen-bond donors (Lipinski definition) is 2. The van der Waals surface area contributed by atoms with Gasteiger partial charge in [0.15, 0.2) is 23.3 Å². The highest BCUT2D eigenvalue weighted by Crippen LogP contribution is 2.37. The molecule has 2 aliphatic heterocycles. The first-order valence-corrected chi connectivity index (χ1v) is 15.6. The molecule has 0 atom stereocenters. The Morgan fingerprint density at radius 2 is 0.935 bits per heavy atom. The smallest absolute Gasteiger partial charge is 0.164 e. The average Bonchev–Trinajstić information content (AvgIpc) is 3.83. The first-order chi connectivity index (χ1) is 22.7. The van der Waals surface area contributed by atoms with Crippen molar-refractivity contribution in [1.29, 1.82) is 0 Å². The number of aryl methyl sites for hydroxylation is 1. The Morgan fingerprint density at radius 3 is 1.48 bits per heavy atom. The van der Waals surface area contributed by atoms with E-state index in [9.17, 15) is 0 Å². The van der Waals surface area contributed by atoms with Gasteiger partial charge in [-0.2, -0.15) is 0 Å². The molecular formula is C38H28N8. The van der Waals surface area contributed by atoms with Crippen molar-refractivity contribution in [3.8, 4) is 45.6 Å². The number of allylic oxidation sites excluding steroid dienone is 1. The van der Waals surface area contributed by atoms with Crippen LogP contribution in [0.2, 0.25) is 0 Å². The zero-order valence-electron chi connectivity index (χ0n) is 25.0. The fourth-order valence-electron chi connectivity index (χ4n) is 6.58. The molecule has 0 spiro atoms. The van der Waals surface area contributed by atoms with Gasteiger partial charge in [0.25, 0.3) is 0 Å². The molecule has 7 aromatic rings. The van der Waals surface area contributed by atoms with Crippen molar-refractivity contribution >= 4 is 44.1 Å². The maximum atomic E-state index is 5.20. The van der Waals surface area contributed by atoms with Crippen LogP contribution in [0.1, 0.15) is 24.8 Å². The van der Waals surface area contributed by atoms with E-state index >= 15 is 0 Å². The third kappa shape index (κ3) is 4.22. The Bertz CT molecular complexity index is 2520. The summed E-state index contributed by atoms with van der Waals surface area (Å²) in [4.78, 5) is 37.6. The summed E-state index contributed by atoms with van der Waals surface area (Å²) in [5.41, 5.74) is 7.75. The van der Waals surface area contributed by atoms with Crippen LogP contribution < -0.4 is 0 Å². The van der Waals surface area contributed by atoms with E-state index in [0.29, 0.717) is 40.2 Å². The second kappa shape index (κ2) is 10.6. The molecule has 220 valence electrons. The molecule has 5 heterocycles. The largest absolute Gasteiger partial charge is 0.324 e. The van der Waals surface area contributed by atoms with Crippen LogP contribution in [0.15, 0.2) is 104 Å². The number of fused-ring (bicyclic) bond motifs is 20. The minimum atomic E-state index is 0.600. The molecule has 0 unspecified atom stereocenters. The maximum absolute atomic E-state index is 5.20. The monoisotopic (exact) mass is 596 g/mol. The van der Waals surface area contributed by atoms with Crippen molar-refractivity contribution in [2.45, 2.75) is 25.7 Å². The number of nitrogens with one attached hydrogen (secondary N) is 2. The molecule has 0 radical (unpaired) electrons. The quantitative estimate of drug-likeness (QED) is 0.152. The Hall–Kier alpha value is -6.02. The third-order valence-electron chi connectivity index (χ3n) is 8.77. The predicted octanol–water partition coefficient (Wildman–Crippen LogP) is 8.77. The summed E-state index contributed by atoms with van der Waals surface area (Å²) in [6, 6.07) is 30.7. The molecule has 0 amide bonds. The standard InChI is InChI=1S/C38H28N8/c1-2-3-4-5-13-22-14-12-21-29-30(22)38-45-36-28-20-11-10-19-27(28)34(43-36)41-32-24-16-7-6-15-23(24)31(39-32)40-33-25-17-8-9-18-26(25)35(42-33)44-37(29)46-38/h2,6-12,14-21H,1,3-5,13H2,(H2,39,40,41,42,43,44,45,46). The lowest BCUT2D eigenvalue weighted by molar-refractivity contribution is 0.751. The Balaban J connectivity index is 1.43. The maximum Gasteiger partial charge on any atom is 0.164 e. The number of nitrogens with zero attached hydrogens (tertiary/aromatic N) is 6. The van der Waals surface area contributed by atoms with E-state index in [1.54, 1.807) is 0 Å². The van der Waals surface area contributed by atoms with Gasteiger partial charge in [0.2, 0.25) is 0 Å². The summed E-state index contributed by atoms with van der Waals surface area (Å²) in [7, 11) is 0. The van der Waals surface area contributed by atoms with Crippen molar-refractivity contribution in [2.75, 3.05) is 0 Å². The highest BCUT2D eigenvalue weighted by atomic mass is 15.1. The predicted molar refractivity (Wildman–Crippen MR) is 184 cm³/mol. The lowest BCUT2D eigenvalue weighted by atomic mass is 10.0. The van der Waals surface area contributed by atoms with Crippen molar-refractivity contribution in [2.24, 2.45) is 0 Å². The molecule has 2 aliphatic rings. The van der Waals surface area contributed by atoms with E-state index in [-0.39, 0.29) is 0 Å². The van der Waals surface area contributed by atoms with Gasteiger partial charge >= 0.3 is 0 Å². The summed E-state index contributed by atoms with van der Waals surface area (Å²) >= 11 is 0. The van der Waals surface area contributed by atoms with Crippen LogP contribution >= 0.6 is 0 Å². The fraction of sp³-hybridized carbons (Fsp3) is 0.105. The number of hydrogen-bond acceptors (Lipinski definition) is 6. The lowest BCUT2D eigenvalue weighted by Gasteiger charge is -2.03. The van der Waals surface area contributed by atoms with Crippen molar-refractivity contribution in [3.63, 3.8) is 0 Å². The van der Waals surface area contributed by atoms with E-state index in [0.717, 1.165) is 75.1 Å². The van der Waals surface area contributed by atoms with Crippen LogP contribution in [0.4, 0.5) is 0 Å². The molecule has 2 N–H and O–H groups in total. The second-order valence-electron chi connectivity index (χ2n) is 11.6. The highest BCUT2D eigenvalue weighted by Gasteiger charge is 2.22. The van der Waals surface area contributed by atoms with Gasteiger partial charge in [-0.3, -0.25) is 0 Å². The van der Waals surface area contributed by atoms with Crippen LogP contribution in [0.3, 0.4) is 0 Å². The zero-order chi connectivity index (χ0) is 30.6. The first-order valence-electron chi connectivity index (χ1n) is 15.6. The van der Waals surface area contributed by atoms with E-state index in [2.05, 4.69) is 46.9 Å². The number of aromatic amines is 2. The summed E-state index contributed by atoms with van der Waals surface area (Å²) in [6.07, 6.45) is 6.03. The molecule has 0 aliphatic carbocycles. The Morgan fingerprint density at radius 1 is 0.478 bits per heavy atom. The van der Waals surface area contributed by atoms with Gasteiger partial charge in [0.05, 0.1) is 0 Å². The molecule has 0 saturated heterocycles. The van der Waals surface area contributed by atoms with Crippen molar-refractivity contribution < 1.29 is 0 Å². The summed E-state index contributed by atoms with van der Waals surface area (Å²) in [6.45, 7) is 3.89. The van der Waals surface area contributed by atoms with Gasteiger partial charge in [-0.05, 0) is 31.2 Å². The van der Waals surface area contributed by atoms with Gasteiger partial charge in [0.1, 0.15) is 22.6 Å². The molecule has 0 fully saturated rings. The molecule has 0 saturated carbocycles. The molecule has 8 nitrogen and oxygen atoms in total. The average molecular weight is 597 g/mol. The molecule has 3 aromatic heterocycles. The molecule has 8 bridgehead atoms. The van der Waals surface area contributed by atoms with Gasteiger partial charge in [0, 0.05) is 43.8 Å². The number of H-pyrrole nitrogens is 2. The van der Waals surface area contributed by atoms with Gasteiger partial charge in [-0.15, -0.1) is 6.58 Å².